The fourth-order valence-electron chi connectivity index (χ4n) is 1.77. The van der Waals surface area contributed by atoms with Crippen molar-refractivity contribution in [3.8, 4) is 6.07 Å². The summed E-state index contributed by atoms with van der Waals surface area (Å²) >= 11 is 0. The van der Waals surface area contributed by atoms with Gasteiger partial charge in [0.25, 0.3) is 0 Å². The van der Waals surface area contributed by atoms with Crippen LogP contribution in [0.4, 0.5) is 5.69 Å². The minimum Gasteiger partial charge on any atom is -0.385 e. The third kappa shape index (κ3) is 2.32. The highest BCUT2D eigenvalue weighted by molar-refractivity contribution is 5.93. The van der Waals surface area contributed by atoms with Crippen LogP contribution in [0, 0.1) is 11.3 Å². The molecule has 0 heterocycles. The van der Waals surface area contributed by atoms with Crippen LogP contribution in [0.2, 0.25) is 0 Å². The van der Waals surface area contributed by atoms with Gasteiger partial charge in [0.05, 0.1) is 6.07 Å². The molecule has 2 rings (SSSR count). The Bertz CT molecular complexity index is 506. The first-order valence-corrected chi connectivity index (χ1v) is 5.50. The van der Waals surface area contributed by atoms with Gasteiger partial charge in [-0.1, -0.05) is 36.4 Å². The van der Waals surface area contributed by atoms with Crippen LogP contribution in [0.15, 0.2) is 42.5 Å². The Morgan fingerprint density at radius 3 is 2.75 bits per heavy atom. The van der Waals surface area contributed by atoms with Crippen molar-refractivity contribution < 1.29 is 0 Å². The molecule has 0 amide bonds. The molecule has 0 aliphatic heterocycles. The highest BCUT2D eigenvalue weighted by Gasteiger charge is 1.98. The van der Waals surface area contributed by atoms with Gasteiger partial charge in [-0.15, -0.1) is 0 Å². The van der Waals surface area contributed by atoms with E-state index in [1.807, 2.05) is 12.1 Å². The molecule has 0 aliphatic rings. The summed E-state index contributed by atoms with van der Waals surface area (Å²) in [6, 6.07) is 16.7. The zero-order valence-electron chi connectivity index (χ0n) is 9.11. The lowest BCUT2D eigenvalue weighted by molar-refractivity contribution is 0.898. The second-order valence-electron chi connectivity index (χ2n) is 3.72. The number of nitrogens with zero attached hydrogens (tertiary/aromatic N) is 1. The van der Waals surface area contributed by atoms with Gasteiger partial charge in [0, 0.05) is 24.0 Å². The zero-order valence-corrected chi connectivity index (χ0v) is 9.11. The van der Waals surface area contributed by atoms with Gasteiger partial charge in [-0.2, -0.15) is 5.26 Å². The summed E-state index contributed by atoms with van der Waals surface area (Å²) in [5.41, 5.74) is 1.15. The van der Waals surface area contributed by atoms with E-state index in [4.69, 9.17) is 5.26 Å². The Kier molecular flexibility index (Phi) is 3.40. The first-order chi connectivity index (χ1) is 7.92. The molecule has 16 heavy (non-hydrogen) atoms. The summed E-state index contributed by atoms with van der Waals surface area (Å²) < 4.78 is 0. The Labute approximate surface area is 95.5 Å². The monoisotopic (exact) mass is 210 g/mol. The average Bonchev–Trinajstić information content (AvgIpc) is 2.35. The standard InChI is InChI=1S/C14H14N2/c15-10-3-4-11-16-14-9-5-7-12-6-1-2-8-13(12)14/h1-2,5-9,16H,3-4,11H2. The summed E-state index contributed by atoms with van der Waals surface area (Å²) in [5, 5.41) is 14.3. The van der Waals surface area contributed by atoms with Gasteiger partial charge in [0.2, 0.25) is 0 Å². The van der Waals surface area contributed by atoms with Crippen molar-refractivity contribution in [1.82, 2.24) is 0 Å². The van der Waals surface area contributed by atoms with Crippen LogP contribution in [0.3, 0.4) is 0 Å². The zero-order chi connectivity index (χ0) is 11.2. The van der Waals surface area contributed by atoms with E-state index in [9.17, 15) is 0 Å². The summed E-state index contributed by atoms with van der Waals surface area (Å²) in [6.45, 7) is 0.849. The van der Waals surface area contributed by atoms with Crippen molar-refractivity contribution in [3.05, 3.63) is 42.5 Å². The lowest BCUT2D eigenvalue weighted by Crippen LogP contribution is -2.01. The molecule has 2 heteroatoms. The lowest BCUT2D eigenvalue weighted by atomic mass is 10.1. The maximum absolute atomic E-state index is 8.46. The molecule has 0 atom stereocenters. The van der Waals surface area contributed by atoms with Gasteiger partial charge in [-0.3, -0.25) is 0 Å². The molecule has 0 spiro atoms. The molecule has 2 aromatic rings. The van der Waals surface area contributed by atoms with Crippen molar-refractivity contribution in [2.45, 2.75) is 12.8 Å². The fourth-order valence-corrected chi connectivity index (χ4v) is 1.77. The SMILES string of the molecule is N#CCCCNc1cccc2ccccc12. The number of hydrogen-bond donors (Lipinski definition) is 1. The smallest absolute Gasteiger partial charge is 0.0622 e. The van der Waals surface area contributed by atoms with E-state index in [0.29, 0.717) is 6.42 Å². The van der Waals surface area contributed by atoms with E-state index < -0.39 is 0 Å². The van der Waals surface area contributed by atoms with Crippen LogP contribution in [-0.4, -0.2) is 6.54 Å². The maximum Gasteiger partial charge on any atom is 0.0622 e. The van der Waals surface area contributed by atoms with Gasteiger partial charge in [0.15, 0.2) is 0 Å². The van der Waals surface area contributed by atoms with Crippen LogP contribution in [0.5, 0.6) is 0 Å². The molecule has 0 saturated heterocycles. The van der Waals surface area contributed by atoms with Gasteiger partial charge < -0.3 is 5.32 Å². The van der Waals surface area contributed by atoms with E-state index in [1.165, 1.54) is 10.8 Å². The minimum absolute atomic E-state index is 0.609. The van der Waals surface area contributed by atoms with Crippen LogP contribution in [0.1, 0.15) is 12.8 Å². The van der Waals surface area contributed by atoms with E-state index in [0.717, 1.165) is 18.7 Å². The van der Waals surface area contributed by atoms with Crippen molar-refractivity contribution in [2.75, 3.05) is 11.9 Å². The number of nitriles is 1. The minimum atomic E-state index is 0.609. The summed E-state index contributed by atoms with van der Waals surface area (Å²) in [6.07, 6.45) is 1.50. The van der Waals surface area contributed by atoms with Crippen LogP contribution < -0.4 is 5.32 Å². The molecule has 80 valence electrons. The summed E-state index contributed by atoms with van der Waals surface area (Å²) in [5.74, 6) is 0. The number of unbranched alkanes of at least 4 members (excludes halogenated alkanes) is 1. The second-order valence-corrected chi connectivity index (χ2v) is 3.72. The quantitative estimate of drug-likeness (QED) is 0.783. The molecule has 0 unspecified atom stereocenters. The Balaban J connectivity index is 2.15. The predicted molar refractivity (Wildman–Crippen MR) is 67.3 cm³/mol. The first-order valence-electron chi connectivity index (χ1n) is 5.50. The van der Waals surface area contributed by atoms with Crippen LogP contribution in [-0.2, 0) is 0 Å². The van der Waals surface area contributed by atoms with Gasteiger partial charge in [-0.05, 0) is 17.9 Å². The number of anilines is 1. The highest BCUT2D eigenvalue weighted by atomic mass is 14.9. The Morgan fingerprint density at radius 2 is 1.88 bits per heavy atom. The summed E-state index contributed by atoms with van der Waals surface area (Å²) in [4.78, 5) is 0. The predicted octanol–water partition coefficient (Wildman–Crippen LogP) is 3.56. The topological polar surface area (TPSA) is 35.8 Å². The largest absolute Gasteiger partial charge is 0.385 e. The number of fused-ring (bicyclic) bond motifs is 1. The fraction of sp³-hybridized carbons (Fsp3) is 0.214. The van der Waals surface area contributed by atoms with Crippen molar-refractivity contribution in [3.63, 3.8) is 0 Å². The molecule has 2 nitrogen and oxygen atoms in total. The van der Waals surface area contributed by atoms with E-state index in [2.05, 4.69) is 41.7 Å². The molecule has 0 saturated carbocycles. The van der Waals surface area contributed by atoms with Crippen molar-refractivity contribution >= 4 is 16.5 Å². The Hall–Kier alpha value is -2.01. The van der Waals surface area contributed by atoms with E-state index in [1.54, 1.807) is 0 Å². The molecule has 0 aliphatic carbocycles. The normalized spacial score (nSPS) is 9.94. The van der Waals surface area contributed by atoms with Gasteiger partial charge in [-0.25, -0.2) is 0 Å². The Morgan fingerprint density at radius 1 is 1.06 bits per heavy atom. The number of benzene rings is 2. The number of nitrogens with one attached hydrogen (secondary N) is 1. The van der Waals surface area contributed by atoms with Crippen molar-refractivity contribution in [1.29, 1.82) is 5.26 Å². The van der Waals surface area contributed by atoms with Crippen molar-refractivity contribution in [2.24, 2.45) is 0 Å². The van der Waals surface area contributed by atoms with Gasteiger partial charge >= 0.3 is 0 Å². The molecular weight excluding hydrogens is 196 g/mol. The van der Waals surface area contributed by atoms with Crippen LogP contribution >= 0.6 is 0 Å². The highest BCUT2D eigenvalue weighted by Crippen LogP contribution is 2.22. The van der Waals surface area contributed by atoms with Crippen LogP contribution in [0.25, 0.3) is 10.8 Å². The maximum atomic E-state index is 8.46. The molecule has 2 aromatic carbocycles. The lowest BCUT2D eigenvalue weighted by Gasteiger charge is -2.08. The summed E-state index contributed by atoms with van der Waals surface area (Å²) in [7, 11) is 0. The first kappa shape index (κ1) is 10.5. The molecule has 0 aromatic heterocycles. The molecule has 0 bridgehead atoms. The molecule has 0 fully saturated rings. The average molecular weight is 210 g/mol. The number of rotatable bonds is 4. The molecule has 0 radical (unpaired) electrons. The molecular formula is C14H14N2. The number of hydrogen-bond acceptors (Lipinski definition) is 2. The van der Waals surface area contributed by atoms with E-state index >= 15 is 0 Å². The molecule has 1 N–H and O–H groups in total. The van der Waals surface area contributed by atoms with Gasteiger partial charge in [0.1, 0.15) is 0 Å². The third-order valence-electron chi connectivity index (χ3n) is 2.57. The second kappa shape index (κ2) is 5.18. The van der Waals surface area contributed by atoms with E-state index in [-0.39, 0.29) is 0 Å². The third-order valence-corrected chi connectivity index (χ3v) is 2.57.